The minimum atomic E-state index is -0.380. The summed E-state index contributed by atoms with van der Waals surface area (Å²) in [5, 5.41) is 9.37. The molecule has 6 nitrogen and oxygen atoms in total. The summed E-state index contributed by atoms with van der Waals surface area (Å²) in [4.78, 5) is 8.71. The van der Waals surface area contributed by atoms with E-state index in [4.69, 9.17) is 27.9 Å². The third-order valence-electron chi connectivity index (χ3n) is 4.04. The quantitative estimate of drug-likeness (QED) is 0.690. The molecule has 1 N–H and O–H groups in total. The fourth-order valence-electron chi connectivity index (χ4n) is 3.04. The van der Waals surface area contributed by atoms with Gasteiger partial charge in [-0.3, -0.25) is 4.68 Å². The van der Waals surface area contributed by atoms with Crippen molar-refractivity contribution in [1.29, 1.82) is 0 Å². The molecule has 1 aliphatic heterocycles. The highest BCUT2D eigenvalue weighted by molar-refractivity contribution is 6.30. The second-order valence-electron chi connectivity index (χ2n) is 6.46. The van der Waals surface area contributed by atoms with Crippen LogP contribution in [0.5, 0.6) is 0 Å². The highest BCUT2D eigenvalue weighted by Gasteiger charge is 2.27. The Morgan fingerprint density at radius 1 is 1.32 bits per heavy atom. The van der Waals surface area contributed by atoms with Crippen LogP contribution in [0.1, 0.15) is 31.2 Å². The van der Waals surface area contributed by atoms with E-state index >= 15 is 0 Å². The van der Waals surface area contributed by atoms with E-state index in [1.54, 1.807) is 0 Å². The Morgan fingerprint density at radius 2 is 2.16 bits per heavy atom. The van der Waals surface area contributed by atoms with Gasteiger partial charge in [0.1, 0.15) is 12.8 Å². The van der Waals surface area contributed by atoms with E-state index in [0.29, 0.717) is 29.0 Å². The normalized spacial score (nSPS) is 16.9. The monoisotopic (exact) mass is 377 g/mol. The smallest absolute Gasteiger partial charge is 0.224 e. The minimum Gasteiger partial charge on any atom is -0.362 e. The van der Waals surface area contributed by atoms with Crippen molar-refractivity contribution < 1.29 is 4.74 Å². The Hall–Kier alpha value is -1.89. The maximum absolute atomic E-state index is 6.18. The van der Waals surface area contributed by atoms with E-state index in [0.717, 1.165) is 23.2 Å². The number of rotatable bonds is 3. The molecule has 3 heterocycles. The van der Waals surface area contributed by atoms with E-state index < -0.39 is 0 Å². The van der Waals surface area contributed by atoms with Crippen LogP contribution in [0.4, 0.5) is 5.69 Å². The molecule has 25 heavy (non-hydrogen) atoms. The van der Waals surface area contributed by atoms with Crippen molar-refractivity contribution in [3.8, 4) is 0 Å². The Labute approximate surface area is 155 Å². The lowest BCUT2D eigenvalue weighted by Gasteiger charge is -2.27. The van der Waals surface area contributed by atoms with Crippen LogP contribution in [0.25, 0.3) is 11.0 Å². The molecular formula is C17H17Cl2N5O. The number of nitrogens with zero attached hydrogens (tertiary/aromatic N) is 4. The van der Waals surface area contributed by atoms with Crippen molar-refractivity contribution in [2.24, 2.45) is 5.92 Å². The average molecular weight is 378 g/mol. The number of hydrogen-bond acceptors (Lipinski definition) is 5. The molecule has 1 atom stereocenters. The summed E-state index contributed by atoms with van der Waals surface area (Å²) in [5.74, 6) is 0.468. The molecule has 0 saturated carbocycles. The molecule has 4 rings (SSSR count). The zero-order chi connectivity index (χ0) is 17.6. The topological polar surface area (TPSA) is 64.9 Å². The summed E-state index contributed by atoms with van der Waals surface area (Å²) in [6, 6.07) is 5.67. The number of hydrogen-bond donors (Lipinski definition) is 1. The SMILES string of the molecule is CC(C)Cn1cc2c(C3OCNc4ccc(Cl)cc43)nc(Cl)nc2n1. The molecule has 0 spiro atoms. The molecule has 3 aromatic rings. The van der Waals surface area contributed by atoms with Crippen molar-refractivity contribution in [3.63, 3.8) is 0 Å². The van der Waals surface area contributed by atoms with Gasteiger partial charge in [0.2, 0.25) is 5.28 Å². The first-order chi connectivity index (χ1) is 12.0. The van der Waals surface area contributed by atoms with Crippen LogP contribution in [0, 0.1) is 5.92 Å². The third kappa shape index (κ3) is 3.17. The van der Waals surface area contributed by atoms with Gasteiger partial charge in [-0.25, -0.2) is 4.98 Å². The van der Waals surface area contributed by atoms with E-state index in [-0.39, 0.29) is 11.4 Å². The molecule has 0 amide bonds. The van der Waals surface area contributed by atoms with Gasteiger partial charge >= 0.3 is 0 Å². The fraction of sp³-hybridized carbons (Fsp3) is 0.353. The number of fused-ring (bicyclic) bond motifs is 2. The van der Waals surface area contributed by atoms with Crippen LogP contribution in [-0.4, -0.2) is 26.5 Å². The van der Waals surface area contributed by atoms with Gasteiger partial charge < -0.3 is 10.1 Å². The van der Waals surface area contributed by atoms with E-state index in [1.165, 1.54) is 0 Å². The van der Waals surface area contributed by atoms with Crippen LogP contribution in [-0.2, 0) is 11.3 Å². The minimum absolute atomic E-state index is 0.156. The summed E-state index contributed by atoms with van der Waals surface area (Å²) < 4.78 is 7.82. The zero-order valence-corrected chi connectivity index (χ0v) is 15.3. The van der Waals surface area contributed by atoms with Crippen LogP contribution < -0.4 is 5.32 Å². The van der Waals surface area contributed by atoms with E-state index in [2.05, 4.69) is 34.2 Å². The predicted octanol–water partition coefficient (Wildman–Crippen LogP) is 4.28. The van der Waals surface area contributed by atoms with Crippen molar-refractivity contribution in [2.45, 2.75) is 26.5 Å². The van der Waals surface area contributed by atoms with Gasteiger partial charge in [0, 0.05) is 29.0 Å². The molecule has 130 valence electrons. The van der Waals surface area contributed by atoms with Crippen LogP contribution in [0.2, 0.25) is 10.3 Å². The molecule has 1 aromatic carbocycles. The van der Waals surface area contributed by atoms with Gasteiger partial charge in [0.15, 0.2) is 5.65 Å². The largest absolute Gasteiger partial charge is 0.362 e. The lowest BCUT2D eigenvalue weighted by atomic mass is 10.0. The molecule has 0 radical (unpaired) electrons. The third-order valence-corrected chi connectivity index (χ3v) is 4.44. The first-order valence-electron chi connectivity index (χ1n) is 8.07. The van der Waals surface area contributed by atoms with Crippen molar-refractivity contribution >= 4 is 39.9 Å². The number of benzene rings is 1. The Bertz CT molecular complexity index is 940. The van der Waals surface area contributed by atoms with E-state index in [1.807, 2.05) is 29.1 Å². The van der Waals surface area contributed by atoms with E-state index in [9.17, 15) is 0 Å². The summed E-state index contributed by atoms with van der Waals surface area (Å²) in [5.41, 5.74) is 3.17. The number of ether oxygens (including phenoxy) is 1. The maximum Gasteiger partial charge on any atom is 0.224 e. The van der Waals surface area contributed by atoms with Crippen LogP contribution in [0.15, 0.2) is 24.4 Å². The van der Waals surface area contributed by atoms with Gasteiger partial charge in [0.25, 0.3) is 0 Å². The molecule has 2 aromatic heterocycles. The average Bonchev–Trinajstić information content (AvgIpc) is 2.94. The van der Waals surface area contributed by atoms with Crippen molar-refractivity contribution in [3.05, 3.63) is 46.0 Å². The molecule has 1 aliphatic rings. The van der Waals surface area contributed by atoms with Gasteiger partial charge in [-0.05, 0) is 35.7 Å². The molecular weight excluding hydrogens is 361 g/mol. The standard InChI is InChI=1S/C17H17Cl2N5O/c1-9(2)6-24-7-12-14(21-17(19)22-16(12)23-24)15-11-5-10(18)3-4-13(11)20-8-25-15/h3-5,7,9,15,20H,6,8H2,1-2H3. The summed E-state index contributed by atoms with van der Waals surface area (Å²) in [6.07, 6.45) is 1.58. The van der Waals surface area contributed by atoms with Crippen LogP contribution in [0.3, 0.4) is 0 Å². The molecule has 0 saturated heterocycles. The maximum atomic E-state index is 6.18. The first kappa shape index (κ1) is 16.6. The zero-order valence-electron chi connectivity index (χ0n) is 13.8. The number of anilines is 1. The summed E-state index contributed by atoms with van der Waals surface area (Å²) >= 11 is 12.3. The van der Waals surface area contributed by atoms with Crippen LogP contribution >= 0.6 is 23.2 Å². The highest BCUT2D eigenvalue weighted by Crippen LogP contribution is 2.38. The lowest BCUT2D eigenvalue weighted by molar-refractivity contribution is 0.0857. The van der Waals surface area contributed by atoms with Gasteiger partial charge in [-0.1, -0.05) is 25.4 Å². The lowest BCUT2D eigenvalue weighted by Crippen LogP contribution is -2.21. The highest BCUT2D eigenvalue weighted by atomic mass is 35.5. The Morgan fingerprint density at radius 3 is 2.96 bits per heavy atom. The fourth-order valence-corrected chi connectivity index (χ4v) is 3.40. The molecule has 1 unspecified atom stereocenters. The number of nitrogens with one attached hydrogen (secondary N) is 1. The predicted molar refractivity (Wildman–Crippen MR) is 98.0 cm³/mol. The Balaban J connectivity index is 1.87. The second-order valence-corrected chi connectivity index (χ2v) is 7.23. The number of aromatic nitrogens is 4. The second kappa shape index (κ2) is 6.44. The van der Waals surface area contributed by atoms with Gasteiger partial charge in [0.05, 0.1) is 11.1 Å². The van der Waals surface area contributed by atoms with Crippen molar-refractivity contribution in [1.82, 2.24) is 19.7 Å². The molecule has 0 bridgehead atoms. The summed E-state index contributed by atoms with van der Waals surface area (Å²) in [7, 11) is 0. The molecule has 0 fully saturated rings. The molecule has 8 heteroatoms. The van der Waals surface area contributed by atoms with Crippen molar-refractivity contribution in [2.75, 3.05) is 12.0 Å². The first-order valence-corrected chi connectivity index (χ1v) is 8.82. The Kier molecular flexibility index (Phi) is 4.27. The van der Waals surface area contributed by atoms with Gasteiger partial charge in [-0.2, -0.15) is 10.1 Å². The molecule has 0 aliphatic carbocycles. The summed E-state index contributed by atoms with van der Waals surface area (Å²) in [6.45, 7) is 5.45. The number of halogens is 2. The van der Waals surface area contributed by atoms with Gasteiger partial charge in [-0.15, -0.1) is 0 Å².